The first-order valence-corrected chi connectivity index (χ1v) is 21.1. The zero-order valence-corrected chi connectivity index (χ0v) is 37.9. The fourth-order valence-corrected chi connectivity index (χ4v) is 8.47. The topological polar surface area (TPSA) is 150 Å². The molecule has 3 N–H and O–H groups in total. The van der Waals surface area contributed by atoms with Gasteiger partial charge in [0.25, 0.3) is 0 Å². The van der Waals surface area contributed by atoms with Crippen LogP contribution in [0.3, 0.4) is 0 Å². The van der Waals surface area contributed by atoms with E-state index in [0.29, 0.717) is 19.4 Å². The number of allylic oxidation sites excluding steroid dienone is 3. The summed E-state index contributed by atoms with van der Waals surface area (Å²) < 4.78 is 12.1. The molecular weight excluding hydrogens is 725 g/mol. The molecule has 0 aromatic heterocycles. The van der Waals surface area contributed by atoms with Gasteiger partial charge in [0, 0.05) is 33.4 Å². The Hall–Kier alpha value is -3.29. The van der Waals surface area contributed by atoms with Gasteiger partial charge in [0.05, 0.1) is 42.7 Å². The number of hydrogen-bond donors (Lipinski definition) is 3. The molecule has 0 aromatic carbocycles. The Morgan fingerprint density at radius 1 is 0.912 bits per heavy atom. The number of ether oxygens (including phenoxy) is 2. The monoisotopic (exact) mass is 803 g/mol. The quantitative estimate of drug-likeness (QED) is 0.151. The van der Waals surface area contributed by atoms with E-state index in [2.05, 4.69) is 22.0 Å². The molecule has 9 atom stereocenters. The minimum absolute atomic E-state index is 0.0179. The van der Waals surface area contributed by atoms with Crippen molar-refractivity contribution in [2.75, 3.05) is 41.9 Å². The summed E-state index contributed by atoms with van der Waals surface area (Å²) in [6.07, 6.45) is 9.10. The molecule has 5 amide bonds. The van der Waals surface area contributed by atoms with Crippen molar-refractivity contribution in [2.24, 2.45) is 23.7 Å². The van der Waals surface area contributed by atoms with Gasteiger partial charge in [-0.1, -0.05) is 78.7 Å². The van der Waals surface area contributed by atoms with E-state index in [4.69, 9.17) is 9.47 Å². The number of carbonyl (C=O) groups excluding carboxylic acids is 5. The van der Waals surface area contributed by atoms with E-state index in [1.54, 1.807) is 38.0 Å². The van der Waals surface area contributed by atoms with Crippen LogP contribution in [0.1, 0.15) is 114 Å². The van der Waals surface area contributed by atoms with Crippen LogP contribution in [0.5, 0.6) is 0 Å². The van der Waals surface area contributed by atoms with Crippen LogP contribution >= 0.6 is 0 Å². The molecule has 0 bridgehead atoms. The Kier molecular flexibility index (Phi) is 19.9. The molecule has 0 saturated carbocycles. The number of amides is 5. The maximum absolute atomic E-state index is 14.3. The van der Waals surface area contributed by atoms with Crippen molar-refractivity contribution >= 4 is 29.5 Å². The van der Waals surface area contributed by atoms with E-state index < -0.39 is 47.8 Å². The summed E-state index contributed by atoms with van der Waals surface area (Å²) in [4.78, 5) is 74.8. The molecule has 2 rings (SSSR count). The molecule has 0 aromatic rings. The van der Waals surface area contributed by atoms with E-state index in [1.807, 2.05) is 93.5 Å². The number of rotatable bonds is 21. The van der Waals surface area contributed by atoms with Crippen LogP contribution in [0, 0.1) is 23.7 Å². The summed E-state index contributed by atoms with van der Waals surface area (Å²) in [5.41, 5.74) is 0.622. The highest BCUT2D eigenvalue weighted by Gasteiger charge is 2.43. The van der Waals surface area contributed by atoms with Crippen molar-refractivity contribution in [3.8, 4) is 0 Å². The molecule has 1 heterocycles. The molecule has 13 nitrogen and oxygen atoms in total. The maximum Gasteiger partial charge on any atom is 0.245 e. The average molecular weight is 803 g/mol. The molecular formula is C44H78N6O7. The number of carbonyl (C=O) groups is 5. The van der Waals surface area contributed by atoms with Gasteiger partial charge in [-0.2, -0.15) is 0 Å². The third-order valence-electron chi connectivity index (χ3n) is 11.6. The molecule has 326 valence electrons. The van der Waals surface area contributed by atoms with E-state index in [9.17, 15) is 24.0 Å². The lowest BCUT2D eigenvalue weighted by Crippen LogP contribution is -2.59. The van der Waals surface area contributed by atoms with Crippen molar-refractivity contribution in [3.05, 3.63) is 23.8 Å². The van der Waals surface area contributed by atoms with Crippen molar-refractivity contribution in [1.82, 2.24) is 30.7 Å². The molecule has 57 heavy (non-hydrogen) atoms. The highest BCUT2D eigenvalue weighted by molar-refractivity contribution is 5.91. The Labute approximate surface area is 344 Å². The highest BCUT2D eigenvalue weighted by atomic mass is 16.5. The lowest BCUT2D eigenvalue weighted by Gasteiger charge is -2.41. The highest BCUT2D eigenvalue weighted by Crippen LogP contribution is 2.30. The molecule has 1 fully saturated rings. The Bertz CT molecular complexity index is 1400. The average Bonchev–Trinajstić information content (AvgIpc) is 3.62. The van der Waals surface area contributed by atoms with Gasteiger partial charge in [0.2, 0.25) is 29.5 Å². The lowest BCUT2D eigenvalue weighted by molar-refractivity contribution is -0.148. The third-order valence-corrected chi connectivity index (χ3v) is 11.6. The molecule has 0 spiro atoms. The van der Waals surface area contributed by atoms with Gasteiger partial charge in [-0.05, 0) is 84.7 Å². The lowest BCUT2D eigenvalue weighted by atomic mass is 9.89. The summed E-state index contributed by atoms with van der Waals surface area (Å²) in [6.45, 7) is 19.9. The molecule has 2 aliphatic rings. The SMILES string of the molecule is CC[C@H](C)[C@@H]([C@@H](CC(=O)N1CCC[C@H]1[C@H](OC)[C@@H](C)C(=O)N[C@@H](CC1=CC=CCC1)C(=O)NC(C)(C)C)OC)N(C)C(=O)[C@@H](NC(=O)[C@H](C(C)C)N(C)C)C(C)C. The van der Waals surface area contributed by atoms with Crippen LogP contribution in [0.4, 0.5) is 0 Å². The number of nitrogens with one attached hydrogen (secondary N) is 3. The Balaban J connectivity index is 2.31. The first-order chi connectivity index (χ1) is 26.6. The van der Waals surface area contributed by atoms with Crippen LogP contribution in [0.2, 0.25) is 0 Å². The fourth-order valence-electron chi connectivity index (χ4n) is 8.47. The van der Waals surface area contributed by atoms with Gasteiger partial charge in [-0.15, -0.1) is 0 Å². The number of methoxy groups -OCH3 is 2. The first-order valence-electron chi connectivity index (χ1n) is 21.1. The summed E-state index contributed by atoms with van der Waals surface area (Å²) in [7, 11) is 8.57. The normalized spacial score (nSPS) is 20.3. The van der Waals surface area contributed by atoms with Gasteiger partial charge in [-0.25, -0.2) is 0 Å². The van der Waals surface area contributed by atoms with Crippen LogP contribution in [-0.2, 0) is 33.4 Å². The van der Waals surface area contributed by atoms with Crippen LogP contribution in [0.25, 0.3) is 0 Å². The van der Waals surface area contributed by atoms with Gasteiger partial charge in [0.1, 0.15) is 12.1 Å². The zero-order valence-electron chi connectivity index (χ0n) is 37.9. The molecule has 0 radical (unpaired) electrons. The predicted octanol–water partition coefficient (Wildman–Crippen LogP) is 4.70. The number of likely N-dealkylation sites (N-methyl/N-ethyl adjacent to an activating group) is 2. The minimum atomic E-state index is -0.767. The Morgan fingerprint density at radius 2 is 1.56 bits per heavy atom. The largest absolute Gasteiger partial charge is 0.379 e. The summed E-state index contributed by atoms with van der Waals surface area (Å²) in [5, 5.41) is 9.10. The second-order valence-corrected chi connectivity index (χ2v) is 18.3. The zero-order chi connectivity index (χ0) is 43.4. The minimum Gasteiger partial charge on any atom is -0.379 e. The summed E-state index contributed by atoms with van der Waals surface area (Å²) in [5.74, 6) is -1.97. The van der Waals surface area contributed by atoms with E-state index >= 15 is 0 Å². The number of nitrogens with zero attached hydrogens (tertiary/aromatic N) is 3. The van der Waals surface area contributed by atoms with Gasteiger partial charge < -0.3 is 35.2 Å². The van der Waals surface area contributed by atoms with Gasteiger partial charge in [0.15, 0.2) is 0 Å². The molecule has 1 aliphatic heterocycles. The number of likely N-dealkylation sites (tertiary alicyclic amines) is 1. The fraction of sp³-hybridized carbons (Fsp3) is 0.795. The standard InChI is InChI=1S/C44H78N6O7/c1-16-29(6)38(49(13)43(55)36(27(2)3)46-42(54)37(28(4)5)48(11)12)34(56-14)26-35(51)50-24-20-23-33(50)39(57-15)30(7)40(52)45-32(41(53)47-44(8,9)10)25-31-21-18-17-19-22-31/h17-18,21,27-30,32-34,36-39H,16,19-20,22-26H2,1-15H3,(H,45,52)(H,46,54)(H,47,53)/t29-,30+,32-,33-,34+,36-,37-,38-,39+/m0/s1. The van der Waals surface area contributed by atoms with Crippen molar-refractivity contribution in [2.45, 2.75) is 162 Å². The summed E-state index contributed by atoms with van der Waals surface area (Å²) >= 11 is 0. The molecule has 1 saturated heterocycles. The first kappa shape index (κ1) is 49.9. The smallest absolute Gasteiger partial charge is 0.245 e. The van der Waals surface area contributed by atoms with Crippen LogP contribution < -0.4 is 16.0 Å². The van der Waals surface area contributed by atoms with Crippen molar-refractivity contribution in [3.63, 3.8) is 0 Å². The number of hydrogen-bond acceptors (Lipinski definition) is 8. The van der Waals surface area contributed by atoms with Crippen molar-refractivity contribution in [1.29, 1.82) is 0 Å². The van der Waals surface area contributed by atoms with E-state index in [1.165, 1.54) is 0 Å². The van der Waals surface area contributed by atoms with Crippen LogP contribution in [0.15, 0.2) is 23.8 Å². The molecule has 1 aliphatic carbocycles. The van der Waals surface area contributed by atoms with Crippen LogP contribution in [-0.4, -0.2) is 134 Å². The molecule has 0 unspecified atom stereocenters. The second-order valence-electron chi connectivity index (χ2n) is 18.3. The second kappa shape index (κ2) is 22.8. The van der Waals surface area contributed by atoms with Crippen molar-refractivity contribution < 1.29 is 33.4 Å². The summed E-state index contributed by atoms with van der Waals surface area (Å²) in [6, 6.07) is -2.76. The molecule has 13 heteroatoms. The van der Waals surface area contributed by atoms with E-state index in [-0.39, 0.29) is 59.8 Å². The van der Waals surface area contributed by atoms with Gasteiger partial charge >= 0.3 is 0 Å². The predicted molar refractivity (Wildman–Crippen MR) is 226 cm³/mol. The maximum atomic E-state index is 14.3. The third kappa shape index (κ3) is 14.2. The van der Waals surface area contributed by atoms with Gasteiger partial charge in [-0.3, -0.25) is 28.9 Å². The Morgan fingerprint density at radius 3 is 2.05 bits per heavy atom. The van der Waals surface area contributed by atoms with E-state index in [0.717, 1.165) is 31.3 Å².